The van der Waals surface area contributed by atoms with Crippen LogP contribution in [0, 0.1) is 11.6 Å². The lowest BCUT2D eigenvalue weighted by molar-refractivity contribution is -0.133. The highest BCUT2D eigenvalue weighted by molar-refractivity contribution is 6.09. The number of nitrogens with one attached hydrogen (secondary N) is 2. The van der Waals surface area contributed by atoms with Crippen molar-refractivity contribution in [1.82, 2.24) is 15.8 Å². The van der Waals surface area contributed by atoms with E-state index < -0.39 is 35.0 Å². The van der Waals surface area contributed by atoms with Crippen LogP contribution in [0.4, 0.5) is 13.6 Å². The van der Waals surface area contributed by atoms with Gasteiger partial charge in [0, 0.05) is 11.6 Å². The average molecular weight is 335 g/mol. The highest BCUT2D eigenvalue weighted by Crippen LogP contribution is 2.28. The number of benzene rings is 1. The summed E-state index contributed by atoms with van der Waals surface area (Å²) in [6.45, 7) is 1.40. The maximum absolute atomic E-state index is 13.2. The van der Waals surface area contributed by atoms with Gasteiger partial charge in [0.15, 0.2) is 5.54 Å². The Bertz CT molecular complexity index is 817. The molecule has 124 valence electrons. The number of hydrogen-bond donors (Lipinski definition) is 2. The van der Waals surface area contributed by atoms with Gasteiger partial charge in [0.25, 0.3) is 11.8 Å². The molecule has 24 heavy (non-hydrogen) atoms. The number of imide groups is 1. The molecule has 1 aliphatic heterocycles. The molecule has 0 spiro atoms. The predicted molar refractivity (Wildman–Crippen MR) is 75.3 cm³/mol. The molecule has 2 heterocycles. The van der Waals surface area contributed by atoms with Crippen LogP contribution in [0.1, 0.15) is 23.0 Å². The number of nitrogens with zero attached hydrogens (tertiary/aromatic N) is 1. The smallest absolute Gasteiger partial charge is 0.344 e. The summed E-state index contributed by atoms with van der Waals surface area (Å²) in [7, 11) is 0. The minimum absolute atomic E-state index is 0.175. The summed E-state index contributed by atoms with van der Waals surface area (Å²) in [4.78, 5) is 36.5. The molecule has 1 atom stereocenters. The molecule has 2 aromatic rings. The zero-order valence-corrected chi connectivity index (χ0v) is 12.3. The van der Waals surface area contributed by atoms with Crippen LogP contribution >= 0.6 is 0 Å². The molecule has 1 aliphatic rings. The number of carbonyl (C=O) groups is 3. The van der Waals surface area contributed by atoms with E-state index in [4.69, 9.17) is 4.42 Å². The third-order valence-electron chi connectivity index (χ3n) is 3.54. The van der Waals surface area contributed by atoms with E-state index in [1.165, 1.54) is 25.3 Å². The van der Waals surface area contributed by atoms with Gasteiger partial charge in [0.2, 0.25) is 0 Å². The fourth-order valence-corrected chi connectivity index (χ4v) is 2.32. The molecule has 4 amide bonds. The van der Waals surface area contributed by atoms with Gasteiger partial charge in [-0.3, -0.25) is 15.0 Å². The van der Waals surface area contributed by atoms with Crippen molar-refractivity contribution >= 4 is 17.8 Å². The molecule has 7 nitrogen and oxygen atoms in total. The van der Waals surface area contributed by atoms with E-state index >= 15 is 0 Å². The van der Waals surface area contributed by atoms with Crippen molar-refractivity contribution < 1.29 is 27.6 Å². The lowest BCUT2D eigenvalue weighted by Crippen LogP contribution is -2.47. The van der Waals surface area contributed by atoms with E-state index in [9.17, 15) is 23.2 Å². The summed E-state index contributed by atoms with van der Waals surface area (Å²) >= 11 is 0. The van der Waals surface area contributed by atoms with Crippen LogP contribution in [0.5, 0.6) is 0 Å². The summed E-state index contributed by atoms with van der Waals surface area (Å²) in [5, 5.41) is 2.83. The van der Waals surface area contributed by atoms with Crippen molar-refractivity contribution in [2.24, 2.45) is 0 Å². The van der Waals surface area contributed by atoms with Gasteiger partial charge in [0.1, 0.15) is 17.4 Å². The molecule has 0 radical (unpaired) electrons. The molecular formula is C15H11F2N3O4. The van der Waals surface area contributed by atoms with Crippen molar-refractivity contribution in [3.05, 3.63) is 59.6 Å². The van der Waals surface area contributed by atoms with Gasteiger partial charge in [-0.05, 0) is 31.2 Å². The molecule has 1 aromatic heterocycles. The molecule has 1 aromatic carbocycles. The number of hydrogen-bond acceptors (Lipinski definition) is 4. The number of halogens is 2. The third kappa shape index (κ3) is 2.49. The topological polar surface area (TPSA) is 91.7 Å². The van der Waals surface area contributed by atoms with Gasteiger partial charge in [-0.2, -0.15) is 5.01 Å². The van der Waals surface area contributed by atoms with Crippen LogP contribution < -0.4 is 10.7 Å². The normalized spacial score (nSPS) is 20.2. The van der Waals surface area contributed by atoms with Gasteiger partial charge in [-0.15, -0.1) is 0 Å². The second-order valence-corrected chi connectivity index (χ2v) is 5.27. The van der Waals surface area contributed by atoms with E-state index in [0.717, 1.165) is 12.1 Å². The minimum Gasteiger partial charge on any atom is -0.466 e. The van der Waals surface area contributed by atoms with Crippen molar-refractivity contribution in [3.8, 4) is 0 Å². The van der Waals surface area contributed by atoms with E-state index in [0.29, 0.717) is 11.1 Å². The van der Waals surface area contributed by atoms with Crippen molar-refractivity contribution in [2.75, 3.05) is 0 Å². The van der Waals surface area contributed by atoms with Gasteiger partial charge in [0.05, 0.1) is 6.26 Å². The molecule has 0 unspecified atom stereocenters. The number of urea groups is 1. The molecule has 0 saturated carbocycles. The highest BCUT2D eigenvalue weighted by Gasteiger charge is 2.52. The number of furan rings is 1. The predicted octanol–water partition coefficient (Wildman–Crippen LogP) is 1.67. The quantitative estimate of drug-likeness (QED) is 0.835. The van der Waals surface area contributed by atoms with E-state index in [2.05, 4.69) is 5.32 Å². The Morgan fingerprint density at radius 1 is 1.25 bits per heavy atom. The van der Waals surface area contributed by atoms with Crippen molar-refractivity contribution in [2.45, 2.75) is 12.5 Å². The number of hydrazine groups is 1. The Labute approximate surface area is 134 Å². The summed E-state index contributed by atoms with van der Waals surface area (Å²) in [5.41, 5.74) is 0.150. The average Bonchev–Trinajstić information content (AvgIpc) is 3.11. The lowest BCUT2D eigenvalue weighted by atomic mass is 10.00. The second kappa shape index (κ2) is 5.44. The molecule has 9 heteroatoms. The first-order valence-electron chi connectivity index (χ1n) is 6.79. The maximum atomic E-state index is 13.2. The fraction of sp³-hybridized carbons (Fsp3) is 0.133. The van der Waals surface area contributed by atoms with Crippen LogP contribution in [0.15, 0.2) is 41.0 Å². The molecule has 0 aliphatic carbocycles. The van der Waals surface area contributed by atoms with Crippen LogP contribution in [0.25, 0.3) is 0 Å². The van der Waals surface area contributed by atoms with Gasteiger partial charge in [-0.1, -0.05) is 0 Å². The van der Waals surface area contributed by atoms with E-state index in [1.54, 1.807) is 0 Å². The Morgan fingerprint density at radius 3 is 2.50 bits per heavy atom. The first kappa shape index (κ1) is 15.7. The zero-order valence-electron chi connectivity index (χ0n) is 12.3. The second-order valence-electron chi connectivity index (χ2n) is 5.27. The number of amides is 4. The molecule has 0 bridgehead atoms. The first-order valence-corrected chi connectivity index (χ1v) is 6.79. The van der Waals surface area contributed by atoms with E-state index in [1.807, 2.05) is 5.43 Å². The lowest BCUT2D eigenvalue weighted by Gasteiger charge is -2.19. The van der Waals surface area contributed by atoms with Crippen LogP contribution in [-0.4, -0.2) is 22.9 Å². The number of carbonyl (C=O) groups excluding carboxylic acids is 3. The Balaban J connectivity index is 1.84. The molecule has 3 rings (SSSR count). The SMILES string of the molecule is C[C@@]1(c2ccco2)NC(=O)N(NC(=O)c2cc(F)cc(F)c2)C1=O. The van der Waals surface area contributed by atoms with Gasteiger partial charge < -0.3 is 9.73 Å². The molecular weight excluding hydrogens is 324 g/mol. The van der Waals surface area contributed by atoms with Crippen molar-refractivity contribution in [3.63, 3.8) is 0 Å². The van der Waals surface area contributed by atoms with E-state index in [-0.39, 0.29) is 11.3 Å². The monoisotopic (exact) mass is 335 g/mol. The maximum Gasteiger partial charge on any atom is 0.344 e. The van der Waals surface area contributed by atoms with Crippen LogP contribution in [0.2, 0.25) is 0 Å². The Kier molecular flexibility index (Phi) is 3.55. The van der Waals surface area contributed by atoms with Crippen LogP contribution in [-0.2, 0) is 10.3 Å². The number of rotatable bonds is 3. The highest BCUT2D eigenvalue weighted by atomic mass is 19.1. The Hall–Kier alpha value is -3.23. The van der Waals surface area contributed by atoms with Crippen molar-refractivity contribution in [1.29, 1.82) is 0 Å². The third-order valence-corrected chi connectivity index (χ3v) is 3.54. The Morgan fingerprint density at radius 2 is 1.92 bits per heavy atom. The standard InChI is InChI=1S/C15H11F2N3O4/c1-15(11-3-2-4-24-11)13(22)20(14(23)18-15)19-12(21)8-5-9(16)7-10(17)6-8/h2-7H,1H3,(H,18,23)(H,19,21)/t15-/m0/s1. The van der Waals surface area contributed by atoms with Gasteiger partial charge >= 0.3 is 6.03 Å². The zero-order chi connectivity index (χ0) is 17.5. The van der Waals surface area contributed by atoms with Crippen LogP contribution in [0.3, 0.4) is 0 Å². The molecule has 1 fully saturated rings. The molecule has 1 saturated heterocycles. The molecule has 2 N–H and O–H groups in total. The summed E-state index contributed by atoms with van der Waals surface area (Å²) in [6, 6.07) is 4.29. The largest absolute Gasteiger partial charge is 0.466 e. The summed E-state index contributed by atoms with van der Waals surface area (Å²) in [6.07, 6.45) is 1.33. The first-order chi connectivity index (χ1) is 11.3. The van der Waals surface area contributed by atoms with Gasteiger partial charge in [-0.25, -0.2) is 13.6 Å². The summed E-state index contributed by atoms with van der Waals surface area (Å²) < 4.78 is 31.5. The minimum atomic E-state index is -1.50. The summed E-state index contributed by atoms with van der Waals surface area (Å²) in [5.74, 6) is -3.56. The fourth-order valence-electron chi connectivity index (χ4n) is 2.32.